The molecule has 0 atom stereocenters. The SMILES string of the molecule is CCOC(=O)Cc1c(C(F)(F)F)nc(-c2ccccc2)[nH]c1=O. The molecule has 0 unspecified atom stereocenters. The Labute approximate surface area is 129 Å². The van der Waals surface area contributed by atoms with E-state index in [1.165, 1.54) is 19.1 Å². The van der Waals surface area contributed by atoms with Crippen LogP contribution >= 0.6 is 0 Å². The molecule has 0 aliphatic heterocycles. The van der Waals surface area contributed by atoms with E-state index in [1.54, 1.807) is 18.2 Å². The lowest BCUT2D eigenvalue weighted by atomic mass is 10.1. The van der Waals surface area contributed by atoms with Crippen molar-refractivity contribution in [2.24, 2.45) is 0 Å². The summed E-state index contributed by atoms with van der Waals surface area (Å²) in [6.45, 7) is 1.52. The highest BCUT2D eigenvalue weighted by atomic mass is 19.4. The van der Waals surface area contributed by atoms with Crippen molar-refractivity contribution in [3.05, 3.63) is 51.9 Å². The predicted molar refractivity (Wildman–Crippen MR) is 75.6 cm³/mol. The molecule has 8 heteroatoms. The van der Waals surface area contributed by atoms with Gasteiger partial charge in [-0.15, -0.1) is 0 Å². The molecule has 0 aliphatic carbocycles. The number of carbonyl (C=O) groups is 1. The number of halogens is 3. The first-order valence-corrected chi connectivity index (χ1v) is 6.74. The van der Waals surface area contributed by atoms with Crippen LogP contribution in [0.5, 0.6) is 0 Å². The molecule has 1 N–H and O–H groups in total. The molecule has 2 rings (SSSR count). The van der Waals surface area contributed by atoms with Crippen LogP contribution in [0.2, 0.25) is 0 Å². The van der Waals surface area contributed by atoms with Crippen molar-refractivity contribution in [2.75, 3.05) is 6.61 Å². The van der Waals surface area contributed by atoms with Crippen molar-refractivity contribution >= 4 is 5.97 Å². The van der Waals surface area contributed by atoms with Gasteiger partial charge in [0.1, 0.15) is 5.82 Å². The Balaban J connectivity index is 2.55. The maximum absolute atomic E-state index is 13.2. The fourth-order valence-corrected chi connectivity index (χ4v) is 1.99. The Morgan fingerprint density at radius 3 is 2.48 bits per heavy atom. The Hall–Kier alpha value is -2.64. The van der Waals surface area contributed by atoms with Gasteiger partial charge in [0.05, 0.1) is 18.6 Å². The molecule has 122 valence electrons. The highest BCUT2D eigenvalue weighted by Gasteiger charge is 2.38. The minimum atomic E-state index is -4.86. The average Bonchev–Trinajstić information content (AvgIpc) is 2.49. The monoisotopic (exact) mass is 326 g/mol. The van der Waals surface area contributed by atoms with Gasteiger partial charge in [-0.2, -0.15) is 13.2 Å². The number of nitrogens with zero attached hydrogens (tertiary/aromatic N) is 1. The number of carbonyl (C=O) groups excluding carboxylic acids is 1. The van der Waals surface area contributed by atoms with E-state index in [9.17, 15) is 22.8 Å². The Morgan fingerprint density at radius 1 is 1.26 bits per heavy atom. The van der Waals surface area contributed by atoms with Crippen LogP contribution in [0.25, 0.3) is 11.4 Å². The van der Waals surface area contributed by atoms with Gasteiger partial charge in [-0.05, 0) is 6.92 Å². The lowest BCUT2D eigenvalue weighted by Gasteiger charge is -2.12. The van der Waals surface area contributed by atoms with E-state index in [1.807, 2.05) is 0 Å². The normalized spacial score (nSPS) is 11.3. The van der Waals surface area contributed by atoms with E-state index in [4.69, 9.17) is 0 Å². The van der Waals surface area contributed by atoms with Crippen molar-refractivity contribution in [1.29, 1.82) is 0 Å². The van der Waals surface area contributed by atoms with E-state index >= 15 is 0 Å². The number of esters is 1. The highest BCUT2D eigenvalue weighted by molar-refractivity contribution is 5.73. The number of aromatic nitrogens is 2. The van der Waals surface area contributed by atoms with Crippen molar-refractivity contribution in [1.82, 2.24) is 9.97 Å². The zero-order chi connectivity index (χ0) is 17.0. The van der Waals surface area contributed by atoms with Crippen LogP contribution in [-0.2, 0) is 22.1 Å². The van der Waals surface area contributed by atoms with Gasteiger partial charge in [-0.3, -0.25) is 9.59 Å². The molecule has 2 aromatic rings. The van der Waals surface area contributed by atoms with E-state index < -0.39 is 35.4 Å². The van der Waals surface area contributed by atoms with Gasteiger partial charge in [0.15, 0.2) is 5.69 Å². The van der Waals surface area contributed by atoms with Crippen molar-refractivity contribution in [3.63, 3.8) is 0 Å². The molecule has 0 amide bonds. The zero-order valence-corrected chi connectivity index (χ0v) is 12.1. The van der Waals surface area contributed by atoms with Gasteiger partial charge in [-0.1, -0.05) is 30.3 Å². The first-order chi connectivity index (χ1) is 10.8. The smallest absolute Gasteiger partial charge is 0.433 e. The van der Waals surface area contributed by atoms with Gasteiger partial charge >= 0.3 is 12.1 Å². The van der Waals surface area contributed by atoms with Crippen LogP contribution < -0.4 is 5.56 Å². The number of ether oxygens (including phenoxy) is 1. The number of rotatable bonds is 4. The third kappa shape index (κ3) is 3.97. The van der Waals surface area contributed by atoms with Crippen LogP contribution in [0, 0.1) is 0 Å². The second-order valence-electron chi connectivity index (χ2n) is 4.59. The maximum atomic E-state index is 13.2. The fourth-order valence-electron chi connectivity index (χ4n) is 1.99. The van der Waals surface area contributed by atoms with Gasteiger partial charge < -0.3 is 9.72 Å². The van der Waals surface area contributed by atoms with E-state index in [0.717, 1.165) is 0 Å². The molecule has 1 aromatic carbocycles. The van der Waals surface area contributed by atoms with Crippen LogP contribution in [0.15, 0.2) is 35.1 Å². The summed E-state index contributed by atoms with van der Waals surface area (Å²) < 4.78 is 44.2. The molecule has 0 bridgehead atoms. The number of hydrogen-bond donors (Lipinski definition) is 1. The summed E-state index contributed by atoms with van der Waals surface area (Å²) in [4.78, 5) is 29.2. The molecular weight excluding hydrogens is 313 g/mol. The number of alkyl halides is 3. The van der Waals surface area contributed by atoms with Crippen LogP contribution in [0.4, 0.5) is 13.2 Å². The summed E-state index contributed by atoms with van der Waals surface area (Å²) in [5.74, 6) is -1.13. The predicted octanol–water partition coefficient (Wildman–Crippen LogP) is 2.56. The summed E-state index contributed by atoms with van der Waals surface area (Å²) >= 11 is 0. The molecule has 0 saturated carbocycles. The first-order valence-electron chi connectivity index (χ1n) is 6.74. The molecule has 1 aromatic heterocycles. The number of H-pyrrole nitrogens is 1. The molecule has 23 heavy (non-hydrogen) atoms. The number of aromatic amines is 1. The standard InChI is InChI=1S/C15H13F3N2O3/c1-2-23-11(21)8-10-12(15(16,17)18)19-13(20-14(10)22)9-6-4-3-5-7-9/h3-7H,2,8H2,1H3,(H,19,20,22). The molecule has 0 fully saturated rings. The summed E-state index contributed by atoms with van der Waals surface area (Å²) in [6, 6.07) is 7.93. The van der Waals surface area contributed by atoms with Gasteiger partial charge in [0.2, 0.25) is 0 Å². The summed E-state index contributed by atoms with van der Waals surface area (Å²) in [5, 5.41) is 0. The van der Waals surface area contributed by atoms with Crippen LogP contribution in [0.3, 0.4) is 0 Å². The minimum Gasteiger partial charge on any atom is -0.466 e. The molecule has 0 saturated heterocycles. The molecular formula is C15H13F3N2O3. The molecule has 0 radical (unpaired) electrons. The lowest BCUT2D eigenvalue weighted by molar-refractivity contribution is -0.144. The number of nitrogens with one attached hydrogen (secondary N) is 1. The minimum absolute atomic E-state index is 0.00756. The highest BCUT2D eigenvalue weighted by Crippen LogP contribution is 2.30. The van der Waals surface area contributed by atoms with E-state index in [2.05, 4.69) is 14.7 Å². The van der Waals surface area contributed by atoms with Crippen molar-refractivity contribution in [2.45, 2.75) is 19.5 Å². The second-order valence-corrected chi connectivity index (χ2v) is 4.59. The van der Waals surface area contributed by atoms with E-state index in [0.29, 0.717) is 5.56 Å². The Bertz CT molecular complexity index is 755. The first kappa shape index (κ1) is 16.7. The average molecular weight is 326 g/mol. The third-order valence-electron chi connectivity index (χ3n) is 2.96. The van der Waals surface area contributed by atoms with Crippen LogP contribution in [0.1, 0.15) is 18.2 Å². The maximum Gasteiger partial charge on any atom is 0.433 e. The lowest BCUT2D eigenvalue weighted by Crippen LogP contribution is -2.26. The van der Waals surface area contributed by atoms with Crippen molar-refractivity contribution in [3.8, 4) is 11.4 Å². The molecule has 0 aliphatic rings. The molecule has 5 nitrogen and oxygen atoms in total. The van der Waals surface area contributed by atoms with E-state index in [-0.39, 0.29) is 12.4 Å². The number of benzene rings is 1. The zero-order valence-electron chi connectivity index (χ0n) is 12.1. The van der Waals surface area contributed by atoms with Crippen LogP contribution in [-0.4, -0.2) is 22.5 Å². The summed E-state index contributed by atoms with van der Waals surface area (Å²) in [7, 11) is 0. The van der Waals surface area contributed by atoms with Gasteiger partial charge in [-0.25, -0.2) is 4.98 Å². The number of hydrogen-bond acceptors (Lipinski definition) is 4. The summed E-state index contributed by atoms with van der Waals surface area (Å²) in [6.07, 6.45) is -5.65. The molecule has 0 spiro atoms. The third-order valence-corrected chi connectivity index (χ3v) is 2.96. The fraction of sp³-hybridized carbons (Fsp3) is 0.267. The second kappa shape index (κ2) is 6.64. The largest absolute Gasteiger partial charge is 0.466 e. The summed E-state index contributed by atoms with van der Waals surface area (Å²) in [5.41, 5.74) is -2.82. The Morgan fingerprint density at radius 2 is 1.91 bits per heavy atom. The quantitative estimate of drug-likeness (QED) is 0.877. The van der Waals surface area contributed by atoms with Crippen molar-refractivity contribution < 1.29 is 22.7 Å². The Kier molecular flexibility index (Phi) is 4.83. The topological polar surface area (TPSA) is 72.0 Å². The van der Waals surface area contributed by atoms with Gasteiger partial charge in [0.25, 0.3) is 5.56 Å². The molecule has 1 heterocycles. The van der Waals surface area contributed by atoms with Gasteiger partial charge in [0, 0.05) is 5.56 Å².